The molecular weight excluding hydrogens is 452 g/mol. The standard InChI is InChI=1S/C30H24N2O4/c31-30-24-6-3-5-21(23(24)10-12-32-30)20-14-25(19-11-13-35-17-19)22-8-9-28(26(22)15-20)36-27-7-2-1-4-18(27)16-29(33)34/h1-7,10-15,17,28H,8-9,16H2,(H2,31,32)(H,33,34). The number of rotatable bonds is 6. The molecule has 3 aromatic carbocycles. The van der Waals surface area contributed by atoms with Crippen molar-refractivity contribution in [3.8, 4) is 28.0 Å². The number of aliphatic carboxylic acids is 1. The summed E-state index contributed by atoms with van der Waals surface area (Å²) in [7, 11) is 0. The van der Waals surface area contributed by atoms with Crippen molar-refractivity contribution in [2.75, 3.05) is 5.73 Å². The minimum Gasteiger partial charge on any atom is -0.485 e. The minimum absolute atomic E-state index is 0.0818. The van der Waals surface area contributed by atoms with Crippen LogP contribution in [0.15, 0.2) is 89.9 Å². The fourth-order valence-corrected chi connectivity index (χ4v) is 5.21. The molecular formula is C30H24N2O4. The number of nitrogen functional groups attached to an aromatic ring is 1. The lowest BCUT2D eigenvalue weighted by Crippen LogP contribution is -2.08. The van der Waals surface area contributed by atoms with Crippen molar-refractivity contribution in [3.63, 3.8) is 0 Å². The van der Waals surface area contributed by atoms with E-state index in [1.165, 1.54) is 5.56 Å². The van der Waals surface area contributed by atoms with E-state index < -0.39 is 5.97 Å². The van der Waals surface area contributed by atoms with Gasteiger partial charge in [0.25, 0.3) is 0 Å². The first-order chi connectivity index (χ1) is 17.6. The second kappa shape index (κ2) is 8.89. The molecule has 3 N–H and O–H groups in total. The first-order valence-corrected chi connectivity index (χ1v) is 11.9. The number of nitrogens with zero attached hydrogens (tertiary/aromatic N) is 1. The summed E-state index contributed by atoms with van der Waals surface area (Å²) in [4.78, 5) is 15.6. The molecule has 178 valence electrons. The number of anilines is 1. The van der Waals surface area contributed by atoms with Gasteiger partial charge in [0.15, 0.2) is 0 Å². The molecule has 2 heterocycles. The lowest BCUT2D eigenvalue weighted by atomic mass is 9.91. The van der Waals surface area contributed by atoms with Crippen LogP contribution in [0.2, 0.25) is 0 Å². The Kier molecular flexibility index (Phi) is 5.41. The van der Waals surface area contributed by atoms with Gasteiger partial charge in [0.05, 0.1) is 18.9 Å². The SMILES string of the molecule is Nc1nccc2c(-c3cc(-c4ccoc4)c4c(c3)C(Oc3ccccc3CC(=O)O)CC4)cccc12. The summed E-state index contributed by atoms with van der Waals surface area (Å²) in [6.07, 6.45) is 6.57. The topological polar surface area (TPSA) is 98.6 Å². The van der Waals surface area contributed by atoms with Crippen LogP contribution in [0.3, 0.4) is 0 Å². The van der Waals surface area contributed by atoms with Gasteiger partial charge in [-0.1, -0.05) is 36.4 Å². The van der Waals surface area contributed by atoms with Crippen LogP contribution < -0.4 is 10.5 Å². The minimum atomic E-state index is -0.882. The Morgan fingerprint density at radius 2 is 1.92 bits per heavy atom. The van der Waals surface area contributed by atoms with Gasteiger partial charge in [0.2, 0.25) is 0 Å². The summed E-state index contributed by atoms with van der Waals surface area (Å²) in [5.41, 5.74) is 13.4. The highest BCUT2D eigenvalue weighted by molar-refractivity contribution is 6.01. The summed E-state index contributed by atoms with van der Waals surface area (Å²) in [6, 6.07) is 21.8. The number of aromatic nitrogens is 1. The van der Waals surface area contributed by atoms with Gasteiger partial charge in [-0.15, -0.1) is 0 Å². The highest BCUT2D eigenvalue weighted by atomic mass is 16.5. The van der Waals surface area contributed by atoms with Crippen molar-refractivity contribution < 1.29 is 19.1 Å². The van der Waals surface area contributed by atoms with E-state index in [0.29, 0.717) is 17.1 Å². The van der Waals surface area contributed by atoms with Gasteiger partial charge in [-0.25, -0.2) is 4.98 Å². The lowest BCUT2D eigenvalue weighted by Gasteiger charge is -2.19. The summed E-state index contributed by atoms with van der Waals surface area (Å²) in [5, 5.41) is 11.3. The van der Waals surface area contributed by atoms with Crippen molar-refractivity contribution in [3.05, 3.63) is 102 Å². The summed E-state index contributed by atoms with van der Waals surface area (Å²) >= 11 is 0. The molecule has 0 radical (unpaired) electrons. The van der Waals surface area contributed by atoms with Crippen molar-refractivity contribution in [2.24, 2.45) is 0 Å². The molecule has 0 amide bonds. The zero-order valence-electron chi connectivity index (χ0n) is 19.5. The maximum Gasteiger partial charge on any atom is 0.307 e. The van der Waals surface area contributed by atoms with Crippen molar-refractivity contribution in [1.82, 2.24) is 4.98 Å². The smallest absolute Gasteiger partial charge is 0.307 e. The number of carboxylic acid groups (broad SMARTS) is 1. The lowest BCUT2D eigenvalue weighted by molar-refractivity contribution is -0.136. The predicted octanol–water partition coefficient (Wildman–Crippen LogP) is 6.44. The maximum atomic E-state index is 11.4. The number of benzene rings is 3. The number of pyridine rings is 1. The number of carboxylic acids is 1. The van der Waals surface area contributed by atoms with Crippen LogP contribution in [0.5, 0.6) is 5.75 Å². The Morgan fingerprint density at radius 3 is 2.75 bits per heavy atom. The molecule has 0 aliphatic heterocycles. The summed E-state index contributed by atoms with van der Waals surface area (Å²) in [6.45, 7) is 0. The number of furan rings is 1. The van der Waals surface area contributed by atoms with E-state index in [2.05, 4.69) is 23.2 Å². The summed E-state index contributed by atoms with van der Waals surface area (Å²) in [5.74, 6) is 0.228. The maximum absolute atomic E-state index is 11.4. The molecule has 36 heavy (non-hydrogen) atoms. The zero-order chi connectivity index (χ0) is 24.6. The molecule has 6 nitrogen and oxygen atoms in total. The van der Waals surface area contributed by atoms with Gasteiger partial charge in [-0.2, -0.15) is 0 Å². The molecule has 0 fully saturated rings. The molecule has 6 rings (SSSR count). The number of hydrogen-bond donors (Lipinski definition) is 2. The molecule has 0 saturated heterocycles. The second-order valence-electron chi connectivity index (χ2n) is 9.02. The second-order valence-corrected chi connectivity index (χ2v) is 9.02. The van der Waals surface area contributed by atoms with E-state index in [0.717, 1.165) is 51.4 Å². The predicted molar refractivity (Wildman–Crippen MR) is 139 cm³/mol. The average Bonchev–Trinajstić information content (AvgIpc) is 3.55. The number of hydrogen-bond acceptors (Lipinski definition) is 5. The van der Waals surface area contributed by atoms with Crippen LogP contribution in [-0.2, 0) is 17.6 Å². The van der Waals surface area contributed by atoms with E-state index in [1.807, 2.05) is 42.5 Å². The van der Waals surface area contributed by atoms with Crippen LogP contribution in [0.25, 0.3) is 33.0 Å². The Bertz CT molecular complexity index is 1590. The molecule has 0 spiro atoms. The van der Waals surface area contributed by atoms with Gasteiger partial charge in [-0.05, 0) is 76.4 Å². The largest absolute Gasteiger partial charge is 0.485 e. The van der Waals surface area contributed by atoms with Gasteiger partial charge in [0.1, 0.15) is 17.7 Å². The summed E-state index contributed by atoms with van der Waals surface area (Å²) < 4.78 is 11.9. The third-order valence-electron chi connectivity index (χ3n) is 6.85. The van der Waals surface area contributed by atoms with E-state index in [9.17, 15) is 9.90 Å². The van der Waals surface area contributed by atoms with Crippen LogP contribution in [0, 0.1) is 0 Å². The van der Waals surface area contributed by atoms with Crippen molar-refractivity contribution in [1.29, 1.82) is 0 Å². The van der Waals surface area contributed by atoms with E-state index in [4.69, 9.17) is 14.9 Å². The molecule has 6 heteroatoms. The van der Waals surface area contributed by atoms with Crippen molar-refractivity contribution >= 4 is 22.6 Å². The first kappa shape index (κ1) is 21.9. The monoisotopic (exact) mass is 476 g/mol. The Balaban J connectivity index is 1.50. The molecule has 2 aromatic heterocycles. The quantitative estimate of drug-likeness (QED) is 0.293. The molecule has 1 aliphatic carbocycles. The van der Waals surface area contributed by atoms with E-state index in [-0.39, 0.29) is 12.5 Å². The van der Waals surface area contributed by atoms with E-state index in [1.54, 1.807) is 24.8 Å². The zero-order valence-corrected chi connectivity index (χ0v) is 19.5. The Labute approximate surface area is 208 Å². The Hall–Kier alpha value is -4.58. The highest BCUT2D eigenvalue weighted by Crippen LogP contribution is 2.44. The molecule has 0 bridgehead atoms. The number of ether oxygens (including phenoxy) is 1. The fraction of sp³-hybridized carbons (Fsp3) is 0.133. The molecule has 1 atom stereocenters. The van der Waals surface area contributed by atoms with E-state index >= 15 is 0 Å². The molecule has 1 aliphatic rings. The highest BCUT2D eigenvalue weighted by Gasteiger charge is 2.29. The average molecular weight is 477 g/mol. The van der Waals surface area contributed by atoms with Gasteiger partial charge in [-0.3, -0.25) is 4.79 Å². The third-order valence-corrected chi connectivity index (χ3v) is 6.85. The molecule has 1 unspecified atom stereocenters. The Morgan fingerprint density at radius 1 is 1.03 bits per heavy atom. The first-order valence-electron chi connectivity index (χ1n) is 11.9. The van der Waals surface area contributed by atoms with Crippen LogP contribution in [-0.4, -0.2) is 16.1 Å². The van der Waals surface area contributed by atoms with Crippen LogP contribution in [0.1, 0.15) is 29.2 Å². The molecule has 0 saturated carbocycles. The van der Waals surface area contributed by atoms with Gasteiger partial charge in [0, 0.05) is 22.7 Å². The van der Waals surface area contributed by atoms with Gasteiger partial charge >= 0.3 is 5.97 Å². The number of carbonyl (C=O) groups is 1. The van der Waals surface area contributed by atoms with Crippen molar-refractivity contribution in [2.45, 2.75) is 25.4 Å². The fourth-order valence-electron chi connectivity index (χ4n) is 5.21. The molecule has 5 aromatic rings. The number of nitrogens with two attached hydrogens (primary N) is 1. The third kappa shape index (κ3) is 3.86. The number of fused-ring (bicyclic) bond motifs is 2. The van der Waals surface area contributed by atoms with Crippen LogP contribution >= 0.6 is 0 Å². The normalized spacial score (nSPS) is 14.6. The van der Waals surface area contributed by atoms with Crippen LogP contribution in [0.4, 0.5) is 5.82 Å². The number of para-hydroxylation sites is 1. The van der Waals surface area contributed by atoms with Gasteiger partial charge < -0.3 is 20.0 Å².